The zero-order valence-electron chi connectivity index (χ0n) is 8.85. The molecule has 1 saturated heterocycles. The van der Waals surface area contributed by atoms with Crippen molar-refractivity contribution in [2.24, 2.45) is 0 Å². The van der Waals surface area contributed by atoms with E-state index in [1.807, 2.05) is 25.1 Å². The van der Waals surface area contributed by atoms with Crippen molar-refractivity contribution in [2.45, 2.75) is 19.4 Å². The van der Waals surface area contributed by atoms with Gasteiger partial charge in [0.2, 0.25) is 0 Å². The van der Waals surface area contributed by atoms with Crippen LogP contribution < -0.4 is 0 Å². The van der Waals surface area contributed by atoms with Crippen LogP contribution in [-0.4, -0.2) is 30.2 Å². The van der Waals surface area contributed by atoms with Crippen LogP contribution in [0.15, 0.2) is 30.3 Å². The molecule has 0 aromatic heterocycles. The van der Waals surface area contributed by atoms with E-state index >= 15 is 0 Å². The van der Waals surface area contributed by atoms with E-state index in [4.69, 9.17) is 4.74 Å². The Balaban J connectivity index is 2.04. The highest BCUT2D eigenvalue weighted by Gasteiger charge is 2.31. The van der Waals surface area contributed by atoms with Crippen molar-refractivity contribution < 1.29 is 9.53 Å². The summed E-state index contributed by atoms with van der Waals surface area (Å²) in [6.45, 7) is 3.21. The van der Waals surface area contributed by atoms with Crippen LogP contribution in [0.25, 0.3) is 0 Å². The van der Waals surface area contributed by atoms with Gasteiger partial charge in [0.05, 0.1) is 6.04 Å². The normalized spacial score (nSPS) is 20.5. The molecule has 1 heterocycles. The summed E-state index contributed by atoms with van der Waals surface area (Å²) in [5, 5.41) is 0. The molecule has 1 fully saturated rings. The molecule has 15 heavy (non-hydrogen) atoms. The molecular weight excluding hydrogens is 190 g/mol. The fourth-order valence-electron chi connectivity index (χ4n) is 1.93. The van der Waals surface area contributed by atoms with Gasteiger partial charge in [0.15, 0.2) is 0 Å². The van der Waals surface area contributed by atoms with E-state index in [2.05, 4.69) is 12.1 Å². The van der Waals surface area contributed by atoms with Crippen LogP contribution in [0.3, 0.4) is 0 Å². The number of nitrogens with zero attached hydrogens (tertiary/aromatic N) is 1. The Morgan fingerprint density at radius 1 is 1.40 bits per heavy atom. The molecule has 0 aliphatic carbocycles. The topological polar surface area (TPSA) is 29.5 Å². The maximum atomic E-state index is 11.3. The molecular formula is C12H15NO2. The van der Waals surface area contributed by atoms with Gasteiger partial charge in [-0.15, -0.1) is 0 Å². The third kappa shape index (κ3) is 2.12. The van der Waals surface area contributed by atoms with Crippen LogP contribution in [0.1, 0.15) is 12.5 Å². The molecule has 0 N–H and O–H groups in total. The number of cyclic esters (lactones) is 1. The lowest BCUT2D eigenvalue weighted by atomic mass is 10.1. The number of amides is 1. The van der Waals surface area contributed by atoms with Crippen LogP contribution in [0.5, 0.6) is 0 Å². The number of carbonyl (C=O) groups excluding carboxylic acids is 1. The summed E-state index contributed by atoms with van der Waals surface area (Å²) in [5.74, 6) is 0. The summed E-state index contributed by atoms with van der Waals surface area (Å²) in [6, 6.07) is 10.4. The standard InChI is InChI=1S/C12H15NO2/c1-2-13-11(9-15-12(13)14)8-10-6-4-3-5-7-10/h3-7,11H,2,8-9H2,1H3/t11-/m0/s1. The summed E-state index contributed by atoms with van der Waals surface area (Å²) < 4.78 is 5.03. The monoisotopic (exact) mass is 205 g/mol. The van der Waals surface area contributed by atoms with Crippen LogP contribution in [0.4, 0.5) is 4.79 Å². The quantitative estimate of drug-likeness (QED) is 0.756. The zero-order valence-corrected chi connectivity index (χ0v) is 8.85. The van der Waals surface area contributed by atoms with Crippen molar-refractivity contribution in [1.82, 2.24) is 4.90 Å². The van der Waals surface area contributed by atoms with Crippen molar-refractivity contribution >= 4 is 6.09 Å². The number of likely N-dealkylation sites (N-methyl/N-ethyl adjacent to an activating group) is 1. The molecule has 1 atom stereocenters. The van der Waals surface area contributed by atoms with Crippen molar-refractivity contribution in [2.75, 3.05) is 13.2 Å². The first kappa shape index (κ1) is 10.0. The molecule has 0 unspecified atom stereocenters. The second-order valence-electron chi connectivity index (χ2n) is 3.71. The number of hydrogen-bond acceptors (Lipinski definition) is 2. The van der Waals surface area contributed by atoms with Crippen LogP contribution in [-0.2, 0) is 11.2 Å². The Morgan fingerprint density at radius 3 is 2.80 bits per heavy atom. The van der Waals surface area contributed by atoms with Crippen molar-refractivity contribution in [3.8, 4) is 0 Å². The second-order valence-corrected chi connectivity index (χ2v) is 3.71. The minimum Gasteiger partial charge on any atom is -0.447 e. The Hall–Kier alpha value is -1.51. The molecule has 1 amide bonds. The van der Waals surface area contributed by atoms with E-state index in [0.717, 1.165) is 13.0 Å². The Labute approximate surface area is 89.7 Å². The highest BCUT2D eigenvalue weighted by molar-refractivity contribution is 5.70. The average Bonchev–Trinajstić information content (AvgIpc) is 2.61. The first-order chi connectivity index (χ1) is 7.31. The van der Waals surface area contributed by atoms with Gasteiger partial charge in [-0.25, -0.2) is 4.79 Å². The Bertz CT molecular complexity index is 337. The van der Waals surface area contributed by atoms with E-state index in [1.165, 1.54) is 5.56 Å². The predicted molar refractivity (Wildman–Crippen MR) is 57.7 cm³/mol. The van der Waals surface area contributed by atoms with Crippen LogP contribution >= 0.6 is 0 Å². The lowest BCUT2D eigenvalue weighted by molar-refractivity contribution is 0.159. The number of ether oxygens (including phenoxy) is 1. The number of benzene rings is 1. The third-order valence-corrected chi connectivity index (χ3v) is 2.73. The van der Waals surface area contributed by atoms with Gasteiger partial charge in [0.1, 0.15) is 6.61 Å². The molecule has 3 heteroatoms. The van der Waals surface area contributed by atoms with Gasteiger partial charge in [-0.1, -0.05) is 30.3 Å². The SMILES string of the molecule is CCN1C(=O)OC[C@@H]1Cc1ccccc1. The third-order valence-electron chi connectivity index (χ3n) is 2.73. The Kier molecular flexibility index (Phi) is 2.90. The zero-order chi connectivity index (χ0) is 10.7. The first-order valence-corrected chi connectivity index (χ1v) is 5.28. The molecule has 0 bridgehead atoms. The van der Waals surface area contributed by atoms with Gasteiger partial charge in [-0.05, 0) is 18.9 Å². The van der Waals surface area contributed by atoms with Gasteiger partial charge in [0, 0.05) is 6.54 Å². The maximum Gasteiger partial charge on any atom is 0.410 e. The molecule has 0 radical (unpaired) electrons. The fraction of sp³-hybridized carbons (Fsp3) is 0.417. The molecule has 1 aromatic rings. The van der Waals surface area contributed by atoms with Gasteiger partial charge < -0.3 is 9.64 Å². The highest BCUT2D eigenvalue weighted by Crippen LogP contribution is 2.16. The number of rotatable bonds is 3. The van der Waals surface area contributed by atoms with Gasteiger partial charge in [-0.2, -0.15) is 0 Å². The van der Waals surface area contributed by atoms with Gasteiger partial charge in [0.25, 0.3) is 0 Å². The maximum absolute atomic E-state index is 11.3. The van der Waals surface area contributed by atoms with Gasteiger partial charge in [-0.3, -0.25) is 0 Å². The van der Waals surface area contributed by atoms with E-state index in [1.54, 1.807) is 4.90 Å². The number of hydrogen-bond donors (Lipinski definition) is 0. The Morgan fingerprint density at radius 2 is 2.13 bits per heavy atom. The smallest absolute Gasteiger partial charge is 0.410 e. The summed E-state index contributed by atoms with van der Waals surface area (Å²) in [4.78, 5) is 13.1. The van der Waals surface area contributed by atoms with Crippen molar-refractivity contribution in [3.63, 3.8) is 0 Å². The molecule has 0 spiro atoms. The molecule has 3 nitrogen and oxygen atoms in total. The van der Waals surface area contributed by atoms with E-state index in [0.29, 0.717) is 6.61 Å². The van der Waals surface area contributed by atoms with E-state index in [-0.39, 0.29) is 12.1 Å². The van der Waals surface area contributed by atoms with Gasteiger partial charge >= 0.3 is 6.09 Å². The summed E-state index contributed by atoms with van der Waals surface area (Å²) in [5.41, 5.74) is 1.25. The largest absolute Gasteiger partial charge is 0.447 e. The molecule has 80 valence electrons. The van der Waals surface area contributed by atoms with E-state index < -0.39 is 0 Å². The molecule has 2 rings (SSSR count). The van der Waals surface area contributed by atoms with Crippen molar-refractivity contribution in [3.05, 3.63) is 35.9 Å². The fourth-order valence-corrected chi connectivity index (χ4v) is 1.93. The lowest BCUT2D eigenvalue weighted by Gasteiger charge is -2.19. The number of carbonyl (C=O) groups is 1. The molecule has 1 aliphatic rings. The second kappa shape index (κ2) is 4.34. The minimum absolute atomic E-state index is 0.182. The summed E-state index contributed by atoms with van der Waals surface area (Å²) >= 11 is 0. The first-order valence-electron chi connectivity index (χ1n) is 5.28. The highest BCUT2D eigenvalue weighted by atomic mass is 16.6. The lowest BCUT2D eigenvalue weighted by Crippen LogP contribution is -2.34. The van der Waals surface area contributed by atoms with Crippen LogP contribution in [0, 0.1) is 0 Å². The van der Waals surface area contributed by atoms with E-state index in [9.17, 15) is 4.79 Å². The summed E-state index contributed by atoms with van der Waals surface area (Å²) in [7, 11) is 0. The summed E-state index contributed by atoms with van der Waals surface area (Å²) in [6.07, 6.45) is 0.693. The molecule has 1 aromatic carbocycles. The minimum atomic E-state index is -0.182. The predicted octanol–water partition coefficient (Wildman–Crippen LogP) is 2.07. The average molecular weight is 205 g/mol. The molecule has 1 aliphatic heterocycles. The van der Waals surface area contributed by atoms with Crippen molar-refractivity contribution in [1.29, 1.82) is 0 Å². The molecule has 0 saturated carbocycles. The van der Waals surface area contributed by atoms with Crippen LogP contribution in [0.2, 0.25) is 0 Å².